The first-order valence-corrected chi connectivity index (χ1v) is 22.5. The van der Waals surface area contributed by atoms with E-state index in [9.17, 15) is 14.4 Å². The van der Waals surface area contributed by atoms with Crippen LogP contribution in [0.25, 0.3) is 33.5 Å². The maximum absolute atomic E-state index is 13.0. The van der Waals surface area contributed by atoms with Crippen molar-refractivity contribution in [2.75, 3.05) is 67.1 Å². The Balaban J connectivity index is 0.750. The standard InChI is InChI=1S/C48H54N12O5/c1-28-20-31(6-11-36(28)29(2)52-44(62)45-55-46(56-65-45)48(3,4)5)41-37-22-38(53-42(37)51-27-50-41)32-21-39-43(49-23-32)59-19-18-57(25-35(59)26-64-39)24-30-12-15-58(16-13-30)33-7-9-34(10-8-33)60-17-14-40(61)54-47(60)63/h6-11,20-23,27,29-30,35H,12-19,24-26H2,1-5H3,(H,52,62)(H,50,51,53)(H,54,61,63)/t29-,35-/m1/s1. The molecule has 17 nitrogen and oxygen atoms in total. The van der Waals surface area contributed by atoms with Gasteiger partial charge in [0.05, 0.1) is 17.8 Å². The van der Waals surface area contributed by atoms with Crippen LogP contribution in [0, 0.1) is 12.8 Å². The number of carbonyl (C=O) groups excluding carboxylic acids is 3. The SMILES string of the molecule is Cc1cc(-c2ncnc3[nH]c(-c4cnc5c(c4)OC[C@H]4CN(CC6CCN(c7ccc(N8CCC(=O)NC8=O)cc7)CC6)CCN54)cc23)ccc1[C@@H](C)NC(=O)c1nc(C(C)(C)C)no1. The lowest BCUT2D eigenvalue weighted by molar-refractivity contribution is -0.120. The molecule has 2 atom stereocenters. The highest BCUT2D eigenvalue weighted by Gasteiger charge is 2.35. The largest absolute Gasteiger partial charge is 0.487 e. The monoisotopic (exact) mass is 878 g/mol. The number of aromatic amines is 1. The first-order valence-electron chi connectivity index (χ1n) is 22.5. The van der Waals surface area contributed by atoms with Crippen LogP contribution in [0.5, 0.6) is 5.75 Å². The van der Waals surface area contributed by atoms with Gasteiger partial charge in [-0.25, -0.2) is 19.7 Å². The number of fused-ring (bicyclic) bond motifs is 4. The molecule has 4 aliphatic heterocycles. The van der Waals surface area contributed by atoms with Crippen molar-refractivity contribution in [2.45, 2.75) is 71.4 Å². The molecule has 4 aromatic heterocycles. The first kappa shape index (κ1) is 42.1. The van der Waals surface area contributed by atoms with Crippen LogP contribution in [0.15, 0.2) is 71.6 Å². The topological polar surface area (TPSA) is 191 Å². The molecule has 0 unspecified atom stereocenters. The summed E-state index contributed by atoms with van der Waals surface area (Å²) in [6.07, 6.45) is 6.06. The van der Waals surface area contributed by atoms with Gasteiger partial charge in [-0.05, 0) is 86.2 Å². The van der Waals surface area contributed by atoms with Crippen LogP contribution in [0.4, 0.5) is 22.0 Å². The average Bonchev–Trinajstić information content (AvgIpc) is 3.99. The molecule has 65 heavy (non-hydrogen) atoms. The third kappa shape index (κ3) is 8.47. The molecular weight excluding hydrogens is 825 g/mol. The normalized spacial score (nSPS) is 18.8. The van der Waals surface area contributed by atoms with E-state index < -0.39 is 5.91 Å². The van der Waals surface area contributed by atoms with Crippen LogP contribution in [-0.2, 0) is 10.2 Å². The number of nitrogens with zero attached hydrogens (tertiary/aromatic N) is 9. The smallest absolute Gasteiger partial charge is 0.328 e. The molecule has 0 radical (unpaired) electrons. The fraction of sp³-hybridized carbons (Fsp3) is 0.417. The van der Waals surface area contributed by atoms with Gasteiger partial charge in [-0.1, -0.05) is 38.1 Å². The summed E-state index contributed by atoms with van der Waals surface area (Å²) in [4.78, 5) is 67.9. The van der Waals surface area contributed by atoms with Gasteiger partial charge in [0, 0.05) is 97.4 Å². The Hall–Kier alpha value is -6.88. The van der Waals surface area contributed by atoms with Crippen molar-refractivity contribution in [3.8, 4) is 28.3 Å². The fourth-order valence-electron chi connectivity index (χ4n) is 9.58. The quantitative estimate of drug-likeness (QED) is 0.145. The Bertz CT molecular complexity index is 2770. The summed E-state index contributed by atoms with van der Waals surface area (Å²) in [5, 5.41) is 10.3. The highest BCUT2D eigenvalue weighted by molar-refractivity contribution is 6.05. The average molecular weight is 879 g/mol. The van der Waals surface area contributed by atoms with Crippen LogP contribution >= 0.6 is 0 Å². The molecule has 4 amide bonds. The number of carbonyl (C=O) groups is 3. The van der Waals surface area contributed by atoms with Gasteiger partial charge >= 0.3 is 17.8 Å². The van der Waals surface area contributed by atoms with Crippen LogP contribution in [-0.4, -0.2) is 111 Å². The number of nitrogens with one attached hydrogen (secondary N) is 3. The summed E-state index contributed by atoms with van der Waals surface area (Å²) >= 11 is 0. The first-order chi connectivity index (χ1) is 31.3. The third-order valence-corrected chi connectivity index (χ3v) is 13.2. The second kappa shape index (κ2) is 16.9. The van der Waals surface area contributed by atoms with Crippen molar-refractivity contribution in [3.05, 3.63) is 90.0 Å². The number of ether oxygens (including phenoxy) is 1. The van der Waals surface area contributed by atoms with Gasteiger partial charge in [0.2, 0.25) is 5.91 Å². The molecule has 0 spiro atoms. The number of hydrogen-bond acceptors (Lipinski definition) is 13. The maximum Gasteiger partial charge on any atom is 0.328 e. The highest BCUT2D eigenvalue weighted by Crippen LogP contribution is 2.38. The van der Waals surface area contributed by atoms with Crippen molar-refractivity contribution in [2.24, 2.45) is 5.92 Å². The van der Waals surface area contributed by atoms with E-state index in [4.69, 9.17) is 19.2 Å². The van der Waals surface area contributed by atoms with E-state index in [1.807, 2.05) is 65.1 Å². The van der Waals surface area contributed by atoms with E-state index in [2.05, 4.69) is 75.8 Å². The van der Waals surface area contributed by atoms with Crippen molar-refractivity contribution in [1.29, 1.82) is 0 Å². The minimum absolute atomic E-state index is 0.0545. The van der Waals surface area contributed by atoms with Crippen LogP contribution < -0.4 is 30.1 Å². The Morgan fingerprint density at radius 3 is 2.49 bits per heavy atom. The summed E-state index contributed by atoms with van der Waals surface area (Å²) in [6.45, 7) is 16.7. The van der Waals surface area contributed by atoms with E-state index in [0.29, 0.717) is 31.3 Å². The van der Waals surface area contributed by atoms with Crippen molar-refractivity contribution < 1.29 is 23.6 Å². The van der Waals surface area contributed by atoms with Crippen molar-refractivity contribution in [1.82, 2.24) is 45.6 Å². The molecule has 6 aromatic rings. The Labute approximate surface area is 377 Å². The summed E-state index contributed by atoms with van der Waals surface area (Å²) < 4.78 is 11.7. The number of rotatable bonds is 9. The van der Waals surface area contributed by atoms with E-state index in [0.717, 1.165) is 120 Å². The minimum Gasteiger partial charge on any atom is -0.487 e. The number of urea groups is 1. The number of amides is 4. The van der Waals surface area contributed by atoms with Gasteiger partial charge < -0.3 is 29.4 Å². The molecule has 3 saturated heterocycles. The number of piperidine rings is 1. The third-order valence-electron chi connectivity index (χ3n) is 13.2. The molecule has 3 fully saturated rings. The van der Waals surface area contributed by atoms with Gasteiger partial charge in [0.25, 0.3) is 0 Å². The number of imide groups is 1. The lowest BCUT2D eigenvalue weighted by atomic mass is 9.95. The number of H-pyrrole nitrogens is 1. The number of anilines is 3. The molecule has 0 bridgehead atoms. The zero-order chi connectivity index (χ0) is 45.0. The molecule has 0 saturated carbocycles. The molecule has 17 heteroatoms. The minimum atomic E-state index is -0.416. The molecule has 4 aliphatic rings. The summed E-state index contributed by atoms with van der Waals surface area (Å²) in [5.41, 5.74) is 7.85. The number of benzene rings is 2. The number of aryl methyl sites for hydroxylation is 1. The Morgan fingerprint density at radius 1 is 0.938 bits per heavy atom. The zero-order valence-corrected chi connectivity index (χ0v) is 37.4. The van der Waals surface area contributed by atoms with Gasteiger partial charge in [-0.3, -0.25) is 24.7 Å². The number of aromatic nitrogens is 6. The van der Waals surface area contributed by atoms with E-state index in [1.165, 1.54) is 0 Å². The van der Waals surface area contributed by atoms with Crippen LogP contribution in [0.3, 0.4) is 0 Å². The lowest BCUT2D eigenvalue weighted by Crippen LogP contribution is -2.58. The number of piperazine rings is 1. The van der Waals surface area contributed by atoms with Gasteiger partial charge in [0.1, 0.15) is 18.6 Å². The molecule has 2 aromatic carbocycles. The van der Waals surface area contributed by atoms with Crippen molar-refractivity contribution in [3.63, 3.8) is 0 Å². The fourth-order valence-corrected chi connectivity index (χ4v) is 9.58. The molecule has 10 rings (SSSR count). The maximum atomic E-state index is 13.0. The molecular formula is C48H54N12O5. The second-order valence-corrected chi connectivity index (χ2v) is 18.8. The van der Waals surface area contributed by atoms with Gasteiger partial charge in [0.15, 0.2) is 17.4 Å². The molecule has 3 N–H and O–H groups in total. The Kier molecular flexibility index (Phi) is 11.0. The summed E-state index contributed by atoms with van der Waals surface area (Å²) in [6, 6.07) is 18.0. The lowest BCUT2D eigenvalue weighted by Gasteiger charge is -2.46. The van der Waals surface area contributed by atoms with E-state index >= 15 is 0 Å². The van der Waals surface area contributed by atoms with E-state index in [1.54, 1.807) is 11.2 Å². The summed E-state index contributed by atoms with van der Waals surface area (Å²) in [7, 11) is 0. The second-order valence-electron chi connectivity index (χ2n) is 18.8. The predicted molar refractivity (Wildman–Crippen MR) is 246 cm³/mol. The molecule has 8 heterocycles. The van der Waals surface area contributed by atoms with Crippen LogP contribution in [0.2, 0.25) is 0 Å². The molecule has 0 aliphatic carbocycles. The van der Waals surface area contributed by atoms with E-state index in [-0.39, 0.29) is 35.3 Å². The highest BCUT2D eigenvalue weighted by atomic mass is 16.5. The number of hydrogen-bond donors (Lipinski definition) is 3. The molecule has 336 valence electrons. The Morgan fingerprint density at radius 2 is 1.74 bits per heavy atom. The predicted octanol–water partition coefficient (Wildman–Crippen LogP) is 6.41. The van der Waals surface area contributed by atoms with Gasteiger partial charge in [-0.2, -0.15) is 4.98 Å². The zero-order valence-electron chi connectivity index (χ0n) is 37.4. The van der Waals surface area contributed by atoms with Crippen LogP contribution in [0.1, 0.15) is 80.6 Å². The number of pyridine rings is 1. The summed E-state index contributed by atoms with van der Waals surface area (Å²) in [5.74, 6) is 2.09. The van der Waals surface area contributed by atoms with Gasteiger partial charge in [-0.15, -0.1) is 0 Å². The van der Waals surface area contributed by atoms with Crippen molar-refractivity contribution >= 4 is 46.1 Å².